The van der Waals surface area contributed by atoms with Crippen LogP contribution >= 0.6 is 11.8 Å². The molecule has 0 atom stereocenters. The maximum Gasteiger partial charge on any atom is 0.253 e. The first-order valence-corrected chi connectivity index (χ1v) is 7.87. The molecule has 0 bridgehead atoms. The third-order valence-electron chi connectivity index (χ3n) is 3.49. The van der Waals surface area contributed by atoms with Crippen LogP contribution in [0.1, 0.15) is 29.8 Å². The van der Waals surface area contributed by atoms with Crippen molar-refractivity contribution >= 4 is 23.4 Å². The summed E-state index contributed by atoms with van der Waals surface area (Å²) in [6.45, 7) is 3.88. The van der Waals surface area contributed by atoms with Gasteiger partial charge in [0.25, 0.3) is 5.78 Å². The van der Waals surface area contributed by atoms with E-state index in [4.69, 9.17) is 0 Å². The van der Waals surface area contributed by atoms with Crippen molar-refractivity contribution < 1.29 is 4.79 Å². The topological polar surface area (TPSA) is 72.2 Å². The Kier molecular flexibility index (Phi) is 3.37. The maximum atomic E-state index is 12.0. The van der Waals surface area contributed by atoms with Gasteiger partial charge in [-0.3, -0.25) is 4.79 Å². The number of hydrogen-bond acceptors (Lipinski definition) is 5. The van der Waals surface area contributed by atoms with E-state index in [1.807, 2.05) is 20.1 Å². The van der Waals surface area contributed by atoms with E-state index in [1.165, 1.54) is 11.8 Å². The highest BCUT2D eigenvalue weighted by molar-refractivity contribution is 7.98. The molecule has 0 aromatic carbocycles. The first kappa shape index (κ1) is 13.4. The summed E-state index contributed by atoms with van der Waals surface area (Å²) in [5.74, 6) is 0.653. The van der Waals surface area contributed by atoms with E-state index in [0.717, 1.165) is 29.8 Å². The molecule has 7 heteroatoms. The quantitative estimate of drug-likeness (QED) is 0.859. The molecule has 1 fully saturated rings. The van der Waals surface area contributed by atoms with Gasteiger partial charge in [0.1, 0.15) is 0 Å². The average molecular weight is 291 g/mol. The molecule has 0 saturated heterocycles. The minimum absolute atomic E-state index is 0.0602. The van der Waals surface area contributed by atoms with E-state index < -0.39 is 0 Å². The van der Waals surface area contributed by atoms with E-state index in [1.54, 1.807) is 4.52 Å². The van der Waals surface area contributed by atoms with Gasteiger partial charge in [-0.15, -0.1) is 5.10 Å². The second-order valence-electron chi connectivity index (χ2n) is 5.09. The van der Waals surface area contributed by atoms with Gasteiger partial charge in [0.15, 0.2) is 0 Å². The highest BCUT2D eigenvalue weighted by Crippen LogP contribution is 2.20. The fourth-order valence-electron chi connectivity index (χ4n) is 2.20. The Balaban J connectivity index is 1.94. The molecule has 2 aromatic rings. The standard InChI is InChI=1S/C13H17N5OS/c1-7-10(6-11(19)15-9-4-5-9)8(2)18-12(14-7)16-13(17-18)20-3/h9H,4-6H2,1-3H3,(H,15,19). The molecular weight excluding hydrogens is 274 g/mol. The number of nitrogens with one attached hydrogen (secondary N) is 1. The fraction of sp³-hybridized carbons (Fsp3) is 0.538. The summed E-state index contributed by atoms with van der Waals surface area (Å²) in [6, 6.07) is 0.384. The molecule has 1 aliphatic rings. The lowest BCUT2D eigenvalue weighted by molar-refractivity contribution is -0.120. The van der Waals surface area contributed by atoms with Gasteiger partial charge >= 0.3 is 0 Å². The number of fused-ring (bicyclic) bond motifs is 1. The Morgan fingerprint density at radius 3 is 2.80 bits per heavy atom. The number of aromatic nitrogens is 4. The number of rotatable bonds is 4. The summed E-state index contributed by atoms with van der Waals surface area (Å²) < 4.78 is 1.72. The van der Waals surface area contributed by atoms with E-state index in [9.17, 15) is 4.79 Å². The lowest BCUT2D eigenvalue weighted by Crippen LogP contribution is -2.28. The van der Waals surface area contributed by atoms with Crippen LogP contribution in [0, 0.1) is 13.8 Å². The van der Waals surface area contributed by atoms with Crippen molar-refractivity contribution in [2.45, 2.75) is 44.3 Å². The van der Waals surface area contributed by atoms with Crippen molar-refractivity contribution in [1.29, 1.82) is 0 Å². The molecule has 0 spiro atoms. The monoisotopic (exact) mass is 291 g/mol. The third kappa shape index (κ3) is 2.49. The van der Waals surface area contributed by atoms with Crippen LogP contribution in [0.25, 0.3) is 5.78 Å². The molecule has 1 aliphatic carbocycles. The first-order valence-electron chi connectivity index (χ1n) is 6.64. The van der Waals surface area contributed by atoms with Crippen LogP contribution in [0.5, 0.6) is 0 Å². The second kappa shape index (κ2) is 5.05. The smallest absolute Gasteiger partial charge is 0.253 e. The molecule has 3 rings (SSSR count). The van der Waals surface area contributed by atoms with Gasteiger partial charge in [-0.05, 0) is 32.9 Å². The lowest BCUT2D eigenvalue weighted by Gasteiger charge is -2.10. The Bertz CT molecular complexity index is 677. The number of carbonyl (C=O) groups is 1. The average Bonchev–Trinajstić information content (AvgIpc) is 3.11. The van der Waals surface area contributed by atoms with Crippen LogP contribution in [0.4, 0.5) is 0 Å². The largest absolute Gasteiger partial charge is 0.353 e. The number of hydrogen-bond donors (Lipinski definition) is 1. The molecule has 6 nitrogen and oxygen atoms in total. The molecule has 0 aliphatic heterocycles. The zero-order chi connectivity index (χ0) is 14.3. The summed E-state index contributed by atoms with van der Waals surface area (Å²) in [4.78, 5) is 20.8. The van der Waals surface area contributed by atoms with Crippen molar-refractivity contribution in [2.24, 2.45) is 0 Å². The highest BCUT2D eigenvalue weighted by atomic mass is 32.2. The van der Waals surface area contributed by atoms with Gasteiger partial charge in [0, 0.05) is 23.0 Å². The summed E-state index contributed by atoms with van der Waals surface area (Å²) in [5.41, 5.74) is 2.72. The van der Waals surface area contributed by atoms with Crippen LogP contribution in [0.3, 0.4) is 0 Å². The highest BCUT2D eigenvalue weighted by Gasteiger charge is 2.24. The molecule has 1 saturated carbocycles. The Hall–Kier alpha value is -1.63. The van der Waals surface area contributed by atoms with E-state index >= 15 is 0 Å². The van der Waals surface area contributed by atoms with Crippen molar-refractivity contribution in [2.75, 3.05) is 6.26 Å². The Morgan fingerprint density at radius 2 is 2.15 bits per heavy atom. The Labute approximate surface area is 121 Å². The molecule has 2 aromatic heterocycles. The molecular formula is C13H17N5OS. The lowest BCUT2D eigenvalue weighted by atomic mass is 10.1. The molecule has 1 N–H and O–H groups in total. The van der Waals surface area contributed by atoms with Gasteiger partial charge in [-0.25, -0.2) is 9.50 Å². The zero-order valence-electron chi connectivity index (χ0n) is 11.8. The predicted octanol–water partition coefficient (Wildman–Crippen LogP) is 1.28. The van der Waals surface area contributed by atoms with Crippen LogP contribution in [-0.4, -0.2) is 37.8 Å². The summed E-state index contributed by atoms with van der Waals surface area (Å²) in [6.07, 6.45) is 4.48. The Morgan fingerprint density at radius 1 is 1.40 bits per heavy atom. The number of nitrogens with zero attached hydrogens (tertiary/aromatic N) is 4. The zero-order valence-corrected chi connectivity index (χ0v) is 12.6. The molecule has 2 heterocycles. The van der Waals surface area contributed by atoms with Crippen LogP contribution < -0.4 is 5.32 Å². The molecule has 1 amide bonds. The third-order valence-corrected chi connectivity index (χ3v) is 4.03. The molecule has 106 valence electrons. The SMILES string of the molecule is CSc1nc2nc(C)c(CC(=O)NC3CC3)c(C)n2n1. The number of carbonyl (C=O) groups excluding carboxylic acids is 1. The first-order chi connectivity index (χ1) is 9.58. The maximum absolute atomic E-state index is 12.0. The van der Waals surface area contributed by atoms with Crippen LogP contribution in [0.2, 0.25) is 0 Å². The molecule has 20 heavy (non-hydrogen) atoms. The predicted molar refractivity (Wildman–Crippen MR) is 76.9 cm³/mol. The van der Waals surface area contributed by atoms with Gasteiger partial charge in [0.05, 0.1) is 6.42 Å². The molecule has 0 unspecified atom stereocenters. The van der Waals surface area contributed by atoms with Gasteiger partial charge in [-0.2, -0.15) is 4.98 Å². The van der Waals surface area contributed by atoms with Crippen molar-refractivity contribution in [3.8, 4) is 0 Å². The van der Waals surface area contributed by atoms with Crippen molar-refractivity contribution in [3.05, 3.63) is 17.0 Å². The number of amides is 1. The van der Waals surface area contributed by atoms with E-state index in [0.29, 0.717) is 23.4 Å². The van der Waals surface area contributed by atoms with E-state index in [2.05, 4.69) is 20.4 Å². The van der Waals surface area contributed by atoms with Gasteiger partial charge < -0.3 is 5.32 Å². The minimum atomic E-state index is 0.0602. The van der Waals surface area contributed by atoms with Gasteiger partial charge in [-0.1, -0.05) is 11.8 Å². The van der Waals surface area contributed by atoms with Crippen LogP contribution in [-0.2, 0) is 11.2 Å². The van der Waals surface area contributed by atoms with Crippen molar-refractivity contribution in [1.82, 2.24) is 24.9 Å². The summed E-state index contributed by atoms with van der Waals surface area (Å²) >= 11 is 1.48. The van der Waals surface area contributed by atoms with Crippen molar-refractivity contribution in [3.63, 3.8) is 0 Å². The van der Waals surface area contributed by atoms with Crippen LogP contribution in [0.15, 0.2) is 5.16 Å². The summed E-state index contributed by atoms with van der Waals surface area (Å²) in [5, 5.41) is 8.09. The fourth-order valence-corrected chi connectivity index (χ4v) is 2.54. The minimum Gasteiger partial charge on any atom is -0.353 e. The number of thioether (sulfide) groups is 1. The van der Waals surface area contributed by atoms with Gasteiger partial charge in [0.2, 0.25) is 11.1 Å². The summed E-state index contributed by atoms with van der Waals surface area (Å²) in [7, 11) is 0. The molecule has 0 radical (unpaired) electrons. The second-order valence-corrected chi connectivity index (χ2v) is 5.86. The normalized spacial score (nSPS) is 14.8. The van der Waals surface area contributed by atoms with E-state index in [-0.39, 0.29) is 5.91 Å². The number of aryl methyl sites for hydroxylation is 2.